The van der Waals surface area contributed by atoms with Crippen molar-refractivity contribution >= 4 is 0 Å². The van der Waals surface area contributed by atoms with E-state index in [-0.39, 0.29) is 6.04 Å². The zero-order valence-electron chi connectivity index (χ0n) is 18.6. The van der Waals surface area contributed by atoms with Gasteiger partial charge in [0.2, 0.25) is 0 Å². The summed E-state index contributed by atoms with van der Waals surface area (Å²) in [5.41, 5.74) is 9.04. The van der Waals surface area contributed by atoms with Crippen LogP contribution in [0, 0.1) is 0 Å². The minimum absolute atomic E-state index is 0.0649. The van der Waals surface area contributed by atoms with Crippen LogP contribution < -0.4 is 20.4 Å². The molecule has 3 aliphatic heterocycles. The van der Waals surface area contributed by atoms with Gasteiger partial charge in [-0.1, -0.05) is 36.4 Å². The molecule has 0 saturated carbocycles. The van der Waals surface area contributed by atoms with Gasteiger partial charge in [0.25, 0.3) is 0 Å². The van der Waals surface area contributed by atoms with E-state index < -0.39 is 6.10 Å². The average Bonchev–Trinajstić information content (AvgIpc) is 3.53. The van der Waals surface area contributed by atoms with Crippen LogP contribution in [0.1, 0.15) is 36.5 Å². The highest BCUT2D eigenvalue weighted by molar-refractivity contribution is 5.44. The molecule has 5 rings (SSSR count). The van der Waals surface area contributed by atoms with Crippen molar-refractivity contribution in [3.05, 3.63) is 59.7 Å². The minimum Gasteiger partial charge on any atom is -0.486 e. The predicted molar refractivity (Wildman–Crippen MR) is 123 cm³/mol. The molecule has 2 aromatic carbocycles. The lowest BCUT2D eigenvalue weighted by Gasteiger charge is -2.34. The number of ether oxygens (including phenoxy) is 2. The van der Waals surface area contributed by atoms with Gasteiger partial charge in [-0.15, -0.1) is 0 Å². The van der Waals surface area contributed by atoms with Crippen LogP contribution in [-0.2, 0) is 6.42 Å². The number of rotatable bonds is 8. The molecule has 3 N–H and O–H groups in total. The number of hydrogen-bond donors (Lipinski definition) is 3. The number of hydrazine groups is 2. The quantitative estimate of drug-likeness (QED) is 0.584. The third-order valence-corrected chi connectivity index (χ3v) is 6.77. The summed E-state index contributed by atoms with van der Waals surface area (Å²) in [6.45, 7) is 5.00. The number of benzene rings is 2. The second-order valence-corrected chi connectivity index (χ2v) is 9.05. The van der Waals surface area contributed by atoms with Crippen molar-refractivity contribution in [2.24, 2.45) is 0 Å². The lowest BCUT2D eigenvalue weighted by atomic mass is 9.99. The molecule has 0 aliphatic carbocycles. The Morgan fingerprint density at radius 3 is 2.59 bits per heavy atom. The van der Waals surface area contributed by atoms with Gasteiger partial charge in [0, 0.05) is 19.1 Å². The largest absolute Gasteiger partial charge is 0.486 e. The first kappa shape index (κ1) is 21.7. The van der Waals surface area contributed by atoms with E-state index in [9.17, 15) is 5.11 Å². The van der Waals surface area contributed by atoms with Gasteiger partial charge in [-0.2, -0.15) is 5.53 Å². The Morgan fingerprint density at radius 1 is 1.00 bits per heavy atom. The van der Waals surface area contributed by atoms with Crippen molar-refractivity contribution in [1.82, 2.24) is 20.9 Å². The van der Waals surface area contributed by atoms with Crippen LogP contribution in [0.25, 0.3) is 0 Å². The van der Waals surface area contributed by atoms with Crippen LogP contribution in [0.4, 0.5) is 0 Å². The molecule has 0 bridgehead atoms. The Kier molecular flexibility index (Phi) is 6.90. The third kappa shape index (κ3) is 5.08. The molecule has 0 spiro atoms. The van der Waals surface area contributed by atoms with Gasteiger partial charge < -0.3 is 19.5 Å². The SMILES string of the molecule is O[C@H](c1ccc2c(c1)OCCO2)[C@@H](CN1CCCC1)N1CC(CCc2ccccc2)NN1. The molecule has 0 aromatic heterocycles. The van der Waals surface area contributed by atoms with Crippen LogP contribution in [-0.4, -0.2) is 66.5 Å². The highest BCUT2D eigenvalue weighted by atomic mass is 16.6. The fourth-order valence-electron chi connectivity index (χ4n) is 4.93. The summed E-state index contributed by atoms with van der Waals surface area (Å²) in [4.78, 5) is 2.46. The Hall–Kier alpha value is -2.16. The van der Waals surface area contributed by atoms with Crippen molar-refractivity contribution < 1.29 is 14.6 Å². The van der Waals surface area contributed by atoms with Crippen LogP contribution in [0.2, 0.25) is 0 Å². The molecule has 172 valence electrons. The van der Waals surface area contributed by atoms with E-state index in [0.717, 1.165) is 56.1 Å². The van der Waals surface area contributed by atoms with Gasteiger partial charge >= 0.3 is 0 Å². The van der Waals surface area contributed by atoms with Gasteiger partial charge in [0.05, 0.1) is 12.1 Å². The maximum Gasteiger partial charge on any atom is 0.161 e. The van der Waals surface area contributed by atoms with E-state index in [1.54, 1.807) is 0 Å². The second-order valence-electron chi connectivity index (χ2n) is 9.05. The van der Waals surface area contributed by atoms with Crippen molar-refractivity contribution in [1.29, 1.82) is 0 Å². The Bertz CT molecular complexity index is 875. The van der Waals surface area contributed by atoms with E-state index in [1.807, 2.05) is 18.2 Å². The number of nitrogens with zero attached hydrogens (tertiary/aromatic N) is 2. The normalized spacial score (nSPS) is 23.3. The van der Waals surface area contributed by atoms with E-state index in [2.05, 4.69) is 51.2 Å². The van der Waals surface area contributed by atoms with Gasteiger partial charge in [-0.25, -0.2) is 10.4 Å². The standard InChI is InChI=1S/C25H34N4O3/c30-25(20-9-11-23-24(16-20)32-15-14-31-23)22(18-28-12-4-5-13-28)29-17-21(26-27-29)10-8-19-6-2-1-3-7-19/h1-3,6-7,9,11,16,21-22,25-27,30H,4-5,8,10,12-15,17-18H2/t21?,22-,25-/m1/s1. The van der Waals surface area contributed by atoms with Gasteiger partial charge in [0.1, 0.15) is 13.2 Å². The highest BCUT2D eigenvalue weighted by Gasteiger charge is 2.35. The first-order valence-electron chi connectivity index (χ1n) is 11.9. The Labute approximate surface area is 190 Å². The number of nitrogens with one attached hydrogen (secondary N) is 2. The summed E-state index contributed by atoms with van der Waals surface area (Å²) >= 11 is 0. The monoisotopic (exact) mass is 438 g/mol. The summed E-state index contributed by atoms with van der Waals surface area (Å²) in [7, 11) is 0. The molecular weight excluding hydrogens is 404 g/mol. The number of aryl methyl sites for hydroxylation is 1. The minimum atomic E-state index is -0.631. The van der Waals surface area contributed by atoms with Crippen LogP contribution in [0.5, 0.6) is 11.5 Å². The fourth-order valence-corrected chi connectivity index (χ4v) is 4.93. The Balaban J connectivity index is 1.27. The molecule has 2 aromatic rings. The molecule has 3 heterocycles. The zero-order valence-corrected chi connectivity index (χ0v) is 18.6. The molecule has 0 amide bonds. The molecule has 3 aliphatic rings. The van der Waals surface area contributed by atoms with Crippen molar-refractivity contribution in [2.75, 3.05) is 39.4 Å². The summed E-state index contributed by atoms with van der Waals surface area (Å²) in [6.07, 6.45) is 3.92. The molecule has 2 fully saturated rings. The lowest BCUT2D eigenvalue weighted by molar-refractivity contribution is 0.0139. The van der Waals surface area contributed by atoms with Gasteiger partial charge in [-0.3, -0.25) is 0 Å². The van der Waals surface area contributed by atoms with Crippen molar-refractivity contribution in [3.8, 4) is 11.5 Å². The number of likely N-dealkylation sites (tertiary alicyclic amines) is 1. The van der Waals surface area contributed by atoms with E-state index in [1.165, 1.54) is 18.4 Å². The highest BCUT2D eigenvalue weighted by Crippen LogP contribution is 2.34. The second kappa shape index (κ2) is 10.2. The molecule has 2 saturated heterocycles. The summed E-state index contributed by atoms with van der Waals surface area (Å²) in [6, 6.07) is 16.7. The fraction of sp³-hybridized carbons (Fsp3) is 0.520. The van der Waals surface area contributed by atoms with Crippen LogP contribution in [0.15, 0.2) is 48.5 Å². The number of aliphatic hydroxyl groups excluding tert-OH is 1. The summed E-state index contributed by atoms with van der Waals surface area (Å²) in [5, 5.41) is 13.7. The maximum atomic E-state index is 11.5. The first-order chi connectivity index (χ1) is 15.8. The zero-order chi connectivity index (χ0) is 21.8. The Morgan fingerprint density at radius 2 is 1.78 bits per heavy atom. The maximum absolute atomic E-state index is 11.5. The molecule has 1 unspecified atom stereocenters. The van der Waals surface area contributed by atoms with E-state index in [4.69, 9.17) is 9.47 Å². The lowest BCUT2D eigenvalue weighted by Crippen LogP contribution is -2.51. The number of fused-ring (bicyclic) bond motifs is 1. The van der Waals surface area contributed by atoms with E-state index >= 15 is 0 Å². The molecular formula is C25H34N4O3. The average molecular weight is 439 g/mol. The smallest absolute Gasteiger partial charge is 0.161 e. The van der Waals surface area contributed by atoms with Gasteiger partial charge in [0.15, 0.2) is 11.5 Å². The predicted octanol–water partition coefficient (Wildman–Crippen LogP) is 2.28. The topological polar surface area (TPSA) is 69.2 Å². The van der Waals surface area contributed by atoms with Crippen LogP contribution in [0.3, 0.4) is 0 Å². The third-order valence-electron chi connectivity index (χ3n) is 6.77. The van der Waals surface area contributed by atoms with E-state index in [0.29, 0.717) is 19.3 Å². The summed E-state index contributed by atoms with van der Waals surface area (Å²) in [5.74, 6) is 1.48. The first-order valence-corrected chi connectivity index (χ1v) is 11.9. The molecule has 3 atom stereocenters. The molecule has 7 nitrogen and oxygen atoms in total. The molecule has 32 heavy (non-hydrogen) atoms. The summed E-state index contributed by atoms with van der Waals surface area (Å²) < 4.78 is 11.4. The van der Waals surface area contributed by atoms with Crippen LogP contribution >= 0.6 is 0 Å². The van der Waals surface area contributed by atoms with Gasteiger partial charge in [-0.05, 0) is 62.0 Å². The van der Waals surface area contributed by atoms with Crippen molar-refractivity contribution in [2.45, 2.75) is 43.9 Å². The van der Waals surface area contributed by atoms with Crippen molar-refractivity contribution in [3.63, 3.8) is 0 Å². The molecule has 0 radical (unpaired) electrons. The molecule has 7 heteroatoms. The number of hydrogen-bond acceptors (Lipinski definition) is 7. The number of aliphatic hydroxyl groups is 1.